The topological polar surface area (TPSA) is 22.8 Å². The molecule has 10 rings (SSSR count). The predicted molar refractivity (Wildman–Crippen MR) is 213 cm³/mol. The van der Waals surface area contributed by atoms with E-state index in [0.717, 1.165) is 5.82 Å². The first kappa shape index (κ1) is 29.5. The van der Waals surface area contributed by atoms with Gasteiger partial charge in [-0.1, -0.05) is 122 Å². The third kappa shape index (κ3) is 4.77. The second kappa shape index (κ2) is 11.9. The van der Waals surface area contributed by atoms with Crippen LogP contribution in [0.5, 0.6) is 0 Å². The quantitative estimate of drug-likeness (QED) is 0.181. The summed E-state index contributed by atoms with van der Waals surface area (Å²) in [6, 6.07) is 59.2. The zero-order chi connectivity index (χ0) is 33.9. The Hall–Kier alpha value is -6.45. The molecule has 0 aliphatic heterocycles. The fourth-order valence-corrected chi connectivity index (χ4v) is 8.41. The van der Waals surface area contributed by atoms with E-state index >= 15 is 0 Å². The van der Waals surface area contributed by atoms with E-state index in [1.807, 2.05) is 12.3 Å². The van der Waals surface area contributed by atoms with E-state index in [-0.39, 0.29) is 11.8 Å². The minimum atomic E-state index is 0.230. The Kier molecular flexibility index (Phi) is 6.85. The molecule has 2 atom stereocenters. The molecule has 1 aliphatic rings. The first-order valence-corrected chi connectivity index (χ1v) is 17.8. The van der Waals surface area contributed by atoms with E-state index in [0.29, 0.717) is 0 Å². The van der Waals surface area contributed by atoms with Gasteiger partial charge in [-0.25, -0.2) is 4.98 Å². The number of hydrogen-bond donors (Lipinski definition) is 0. The van der Waals surface area contributed by atoms with Crippen molar-refractivity contribution in [2.75, 3.05) is 0 Å². The smallest absolute Gasteiger partial charge is 0.137 e. The molecule has 3 nitrogen and oxygen atoms in total. The SMILES string of the molecule is CC1c2c(n(-c3cc(-c4ccccc4)cc(-c4ccccc4)c3)c3ccccc23)C=CC1c1ccc2c(c1)c1ccccc1n2-c1ccccn1. The third-order valence-electron chi connectivity index (χ3n) is 10.8. The van der Waals surface area contributed by atoms with Crippen molar-refractivity contribution in [3.05, 3.63) is 193 Å². The summed E-state index contributed by atoms with van der Waals surface area (Å²) in [7, 11) is 0. The normalized spacial score (nSPS) is 15.5. The number of para-hydroxylation sites is 2. The molecule has 51 heavy (non-hydrogen) atoms. The van der Waals surface area contributed by atoms with Gasteiger partial charge in [0.25, 0.3) is 0 Å². The van der Waals surface area contributed by atoms with Gasteiger partial charge in [-0.2, -0.15) is 0 Å². The van der Waals surface area contributed by atoms with E-state index in [1.165, 1.54) is 77.5 Å². The molecule has 9 aromatic rings. The van der Waals surface area contributed by atoms with Crippen molar-refractivity contribution in [3.8, 4) is 33.8 Å². The summed E-state index contributed by atoms with van der Waals surface area (Å²) >= 11 is 0. The van der Waals surface area contributed by atoms with Gasteiger partial charge in [0.2, 0.25) is 0 Å². The molecule has 3 heterocycles. The summed E-state index contributed by atoms with van der Waals surface area (Å²) in [6.07, 6.45) is 6.67. The summed E-state index contributed by atoms with van der Waals surface area (Å²) in [6.45, 7) is 2.40. The summed E-state index contributed by atoms with van der Waals surface area (Å²) < 4.78 is 4.77. The number of rotatable bonds is 5. The summed E-state index contributed by atoms with van der Waals surface area (Å²) in [5.74, 6) is 1.43. The Morgan fingerprint density at radius 1 is 0.490 bits per heavy atom. The van der Waals surface area contributed by atoms with Gasteiger partial charge in [0.05, 0.1) is 22.2 Å². The highest BCUT2D eigenvalue weighted by Crippen LogP contribution is 2.47. The lowest BCUT2D eigenvalue weighted by Crippen LogP contribution is -2.12. The standard InChI is InChI=1S/C48H35N3/c1-32-39(35-23-25-45-42(31-35)40-18-8-10-20-43(40)51(45)47-22-12-13-27-49-47)24-26-46-48(32)41-19-9-11-21-44(41)50(46)38-29-36(33-14-4-2-5-15-33)28-37(30-38)34-16-6-3-7-17-34/h2-32,39H,1H3. The average Bonchev–Trinajstić information content (AvgIpc) is 3.72. The minimum Gasteiger partial charge on any atom is -0.310 e. The maximum Gasteiger partial charge on any atom is 0.137 e. The maximum absolute atomic E-state index is 4.72. The van der Waals surface area contributed by atoms with E-state index in [2.05, 4.69) is 186 Å². The van der Waals surface area contributed by atoms with Crippen LogP contribution in [0.15, 0.2) is 176 Å². The van der Waals surface area contributed by atoms with E-state index in [4.69, 9.17) is 4.98 Å². The Labute approximate surface area is 297 Å². The molecule has 0 fully saturated rings. The fraction of sp³-hybridized carbons (Fsp3) is 0.0625. The van der Waals surface area contributed by atoms with Gasteiger partial charge in [-0.3, -0.25) is 4.57 Å². The highest BCUT2D eigenvalue weighted by molar-refractivity contribution is 6.09. The lowest BCUT2D eigenvalue weighted by atomic mass is 9.78. The lowest BCUT2D eigenvalue weighted by Gasteiger charge is -2.27. The van der Waals surface area contributed by atoms with Gasteiger partial charge >= 0.3 is 0 Å². The molecule has 0 N–H and O–H groups in total. The largest absolute Gasteiger partial charge is 0.310 e. The lowest BCUT2D eigenvalue weighted by molar-refractivity contribution is 0.672. The minimum absolute atomic E-state index is 0.230. The molecular formula is C48H35N3. The molecular weight excluding hydrogens is 619 g/mol. The Morgan fingerprint density at radius 3 is 1.78 bits per heavy atom. The van der Waals surface area contributed by atoms with Gasteiger partial charge in [0.15, 0.2) is 0 Å². The molecule has 0 spiro atoms. The van der Waals surface area contributed by atoms with Crippen LogP contribution in [0.4, 0.5) is 0 Å². The number of fused-ring (bicyclic) bond motifs is 6. The summed E-state index contributed by atoms with van der Waals surface area (Å²) in [4.78, 5) is 4.72. The van der Waals surface area contributed by atoms with Crippen molar-refractivity contribution in [1.82, 2.24) is 14.1 Å². The molecule has 2 unspecified atom stereocenters. The van der Waals surface area contributed by atoms with Gasteiger partial charge in [-0.05, 0) is 100.0 Å². The first-order valence-electron chi connectivity index (χ1n) is 17.8. The van der Waals surface area contributed by atoms with E-state index in [9.17, 15) is 0 Å². The number of hydrogen-bond acceptors (Lipinski definition) is 1. The van der Waals surface area contributed by atoms with E-state index < -0.39 is 0 Å². The molecule has 242 valence electrons. The van der Waals surface area contributed by atoms with Crippen LogP contribution in [0.3, 0.4) is 0 Å². The van der Waals surface area contributed by atoms with Crippen molar-refractivity contribution in [2.45, 2.75) is 18.8 Å². The monoisotopic (exact) mass is 653 g/mol. The molecule has 0 bridgehead atoms. The number of pyridine rings is 1. The van der Waals surface area contributed by atoms with Gasteiger partial charge in [-0.15, -0.1) is 0 Å². The molecule has 0 saturated heterocycles. The third-order valence-corrected chi connectivity index (χ3v) is 10.8. The molecule has 0 radical (unpaired) electrons. The molecule has 0 saturated carbocycles. The zero-order valence-corrected chi connectivity index (χ0v) is 28.3. The van der Waals surface area contributed by atoms with Crippen LogP contribution >= 0.6 is 0 Å². The number of benzene rings is 6. The van der Waals surface area contributed by atoms with Gasteiger partial charge in [0, 0.05) is 34.0 Å². The Balaban J connectivity index is 1.14. The maximum atomic E-state index is 4.72. The number of aromatic nitrogens is 3. The molecule has 3 aromatic heterocycles. The Morgan fingerprint density at radius 2 is 1.10 bits per heavy atom. The van der Waals surface area contributed by atoms with Crippen LogP contribution in [-0.4, -0.2) is 14.1 Å². The molecule has 3 heteroatoms. The van der Waals surface area contributed by atoms with Crippen molar-refractivity contribution < 1.29 is 0 Å². The highest BCUT2D eigenvalue weighted by Gasteiger charge is 2.30. The van der Waals surface area contributed by atoms with Gasteiger partial charge in [0.1, 0.15) is 5.82 Å². The van der Waals surface area contributed by atoms with Crippen LogP contribution in [-0.2, 0) is 0 Å². The van der Waals surface area contributed by atoms with Crippen LogP contribution in [0, 0.1) is 0 Å². The van der Waals surface area contributed by atoms with Crippen LogP contribution in [0.1, 0.15) is 35.6 Å². The summed E-state index contributed by atoms with van der Waals surface area (Å²) in [5, 5.41) is 3.82. The second-order valence-corrected chi connectivity index (χ2v) is 13.6. The van der Waals surface area contributed by atoms with Crippen molar-refractivity contribution in [3.63, 3.8) is 0 Å². The van der Waals surface area contributed by atoms with Crippen molar-refractivity contribution in [1.29, 1.82) is 0 Å². The highest BCUT2D eigenvalue weighted by atomic mass is 15.1. The zero-order valence-electron chi connectivity index (χ0n) is 28.3. The summed E-state index contributed by atoms with van der Waals surface area (Å²) in [5.41, 5.74) is 13.6. The number of nitrogens with zero attached hydrogens (tertiary/aromatic N) is 3. The van der Waals surface area contributed by atoms with Gasteiger partial charge < -0.3 is 4.57 Å². The van der Waals surface area contributed by atoms with E-state index in [1.54, 1.807) is 0 Å². The predicted octanol–water partition coefficient (Wildman–Crippen LogP) is 12.4. The Bertz CT molecular complexity index is 2690. The van der Waals surface area contributed by atoms with Crippen molar-refractivity contribution in [2.24, 2.45) is 0 Å². The average molecular weight is 654 g/mol. The molecule has 1 aliphatic carbocycles. The fourth-order valence-electron chi connectivity index (χ4n) is 8.41. The first-order chi connectivity index (χ1) is 25.2. The molecule has 6 aromatic carbocycles. The second-order valence-electron chi connectivity index (χ2n) is 13.6. The van der Waals surface area contributed by atoms with Crippen LogP contribution in [0.2, 0.25) is 0 Å². The molecule has 0 amide bonds. The van der Waals surface area contributed by atoms with Crippen molar-refractivity contribution >= 4 is 38.8 Å². The number of allylic oxidation sites excluding steroid dienone is 1. The van der Waals surface area contributed by atoms with Crippen LogP contribution in [0.25, 0.3) is 72.5 Å². The van der Waals surface area contributed by atoms with Crippen LogP contribution < -0.4 is 0 Å².